The molecule has 0 saturated carbocycles. The van der Waals surface area contributed by atoms with Crippen LogP contribution in [-0.4, -0.2) is 48.9 Å². The molecule has 3 amide bonds. The predicted octanol–water partition coefficient (Wildman–Crippen LogP) is 3.01. The molecule has 1 aliphatic rings. The van der Waals surface area contributed by atoms with Gasteiger partial charge in [0.15, 0.2) is 6.61 Å². The monoisotopic (exact) mass is 472 g/mol. The van der Waals surface area contributed by atoms with Gasteiger partial charge in [0.25, 0.3) is 17.7 Å². The van der Waals surface area contributed by atoms with Crippen molar-refractivity contribution in [1.29, 1.82) is 0 Å². The molecule has 3 aromatic rings. The normalized spacial score (nSPS) is 12.3. The van der Waals surface area contributed by atoms with Crippen molar-refractivity contribution in [3.63, 3.8) is 0 Å². The summed E-state index contributed by atoms with van der Waals surface area (Å²) in [6.45, 7) is -0.0461. The third-order valence-electron chi connectivity index (χ3n) is 5.62. The first kappa shape index (κ1) is 23.7. The first-order valence-corrected chi connectivity index (χ1v) is 11.1. The Hall–Kier alpha value is -4.46. The molecule has 0 bridgehead atoms. The largest absolute Gasteiger partial charge is 0.496 e. The minimum Gasteiger partial charge on any atom is -0.496 e. The van der Waals surface area contributed by atoms with E-state index in [1.165, 1.54) is 13.2 Å². The van der Waals surface area contributed by atoms with Gasteiger partial charge in [0.1, 0.15) is 11.3 Å². The third-order valence-corrected chi connectivity index (χ3v) is 5.62. The Balaban J connectivity index is 1.37. The fourth-order valence-electron chi connectivity index (χ4n) is 3.83. The van der Waals surface area contributed by atoms with E-state index in [1.54, 1.807) is 36.4 Å². The topological polar surface area (TPSA) is 102 Å². The number of hydrogen-bond donors (Lipinski definition) is 1. The summed E-state index contributed by atoms with van der Waals surface area (Å²) in [5.74, 6) is -1.69. The number of methoxy groups -OCH3 is 1. The highest BCUT2D eigenvalue weighted by Crippen LogP contribution is 2.26. The smallest absolute Gasteiger partial charge is 0.342 e. The molecule has 0 spiro atoms. The van der Waals surface area contributed by atoms with Crippen LogP contribution in [0.2, 0.25) is 0 Å². The average molecular weight is 472 g/mol. The maximum Gasteiger partial charge on any atom is 0.342 e. The van der Waals surface area contributed by atoms with E-state index in [-0.39, 0.29) is 17.9 Å². The summed E-state index contributed by atoms with van der Waals surface area (Å²) in [7, 11) is 1.41. The standard InChI is InChI=1S/C27H24N2O6/c1-34-23-12-11-19(16-29-25(31)20-9-5-6-10-21(20)26(29)32)15-22(23)27(33)35-17-24(30)28-14-13-18-7-3-2-4-8-18/h2-12,15H,13-14,16-17H2,1H3,(H,28,30). The van der Waals surface area contributed by atoms with Crippen molar-refractivity contribution < 1.29 is 28.7 Å². The third kappa shape index (κ3) is 5.38. The summed E-state index contributed by atoms with van der Waals surface area (Å²) in [6, 6.07) is 21.0. The van der Waals surface area contributed by atoms with Gasteiger partial charge in [0.05, 0.1) is 24.8 Å². The van der Waals surface area contributed by atoms with Gasteiger partial charge in [-0.05, 0) is 41.8 Å². The second-order valence-electron chi connectivity index (χ2n) is 7.94. The molecule has 8 nitrogen and oxygen atoms in total. The van der Waals surface area contributed by atoms with Crippen LogP contribution in [0.4, 0.5) is 0 Å². The lowest BCUT2D eigenvalue weighted by molar-refractivity contribution is -0.124. The van der Waals surface area contributed by atoms with E-state index in [0.717, 1.165) is 10.5 Å². The quantitative estimate of drug-likeness (QED) is 0.380. The van der Waals surface area contributed by atoms with Crippen LogP contribution < -0.4 is 10.1 Å². The van der Waals surface area contributed by atoms with Crippen LogP contribution in [0.3, 0.4) is 0 Å². The number of rotatable bonds is 9. The number of amides is 3. The van der Waals surface area contributed by atoms with Crippen molar-refractivity contribution >= 4 is 23.7 Å². The summed E-state index contributed by atoms with van der Waals surface area (Å²) < 4.78 is 10.4. The van der Waals surface area contributed by atoms with E-state index in [2.05, 4.69) is 5.32 Å². The highest BCUT2D eigenvalue weighted by Gasteiger charge is 2.35. The van der Waals surface area contributed by atoms with Gasteiger partial charge in [-0.25, -0.2) is 4.79 Å². The molecule has 35 heavy (non-hydrogen) atoms. The fraction of sp³-hybridized carbons (Fsp3) is 0.185. The van der Waals surface area contributed by atoms with Gasteiger partial charge in [0, 0.05) is 6.54 Å². The van der Waals surface area contributed by atoms with Gasteiger partial charge in [-0.3, -0.25) is 19.3 Å². The molecule has 1 heterocycles. The number of imide groups is 1. The van der Waals surface area contributed by atoms with Crippen molar-refractivity contribution in [2.45, 2.75) is 13.0 Å². The summed E-state index contributed by atoms with van der Waals surface area (Å²) in [5, 5.41) is 2.72. The zero-order valence-electron chi connectivity index (χ0n) is 19.2. The van der Waals surface area contributed by atoms with Crippen LogP contribution in [0.1, 0.15) is 42.2 Å². The predicted molar refractivity (Wildman–Crippen MR) is 127 cm³/mol. The molecule has 1 aliphatic heterocycles. The summed E-state index contributed by atoms with van der Waals surface area (Å²) >= 11 is 0. The van der Waals surface area contributed by atoms with Crippen LogP contribution in [-0.2, 0) is 22.5 Å². The van der Waals surface area contributed by atoms with Crippen LogP contribution in [0.25, 0.3) is 0 Å². The van der Waals surface area contributed by atoms with Crippen molar-refractivity contribution in [3.05, 3.63) is 101 Å². The number of nitrogens with zero attached hydrogens (tertiary/aromatic N) is 1. The Morgan fingerprint density at radius 3 is 2.17 bits per heavy atom. The van der Waals surface area contributed by atoms with Crippen LogP contribution in [0, 0.1) is 0 Å². The molecule has 0 saturated heterocycles. The first-order chi connectivity index (χ1) is 17.0. The van der Waals surface area contributed by atoms with Crippen LogP contribution in [0.15, 0.2) is 72.8 Å². The van der Waals surface area contributed by atoms with Gasteiger partial charge in [-0.15, -0.1) is 0 Å². The summed E-state index contributed by atoms with van der Waals surface area (Å²) in [4.78, 5) is 51.2. The van der Waals surface area contributed by atoms with Gasteiger partial charge < -0.3 is 14.8 Å². The SMILES string of the molecule is COc1ccc(CN2C(=O)c3ccccc3C2=O)cc1C(=O)OCC(=O)NCCc1ccccc1. The number of fused-ring (bicyclic) bond motifs is 1. The molecule has 0 fully saturated rings. The number of benzene rings is 3. The van der Waals surface area contributed by atoms with Crippen molar-refractivity contribution in [3.8, 4) is 5.75 Å². The molecule has 0 aliphatic carbocycles. The van der Waals surface area contributed by atoms with E-state index in [1.807, 2.05) is 30.3 Å². The number of carbonyl (C=O) groups is 4. The van der Waals surface area contributed by atoms with E-state index in [9.17, 15) is 19.2 Å². The van der Waals surface area contributed by atoms with Gasteiger partial charge in [0.2, 0.25) is 0 Å². The lowest BCUT2D eigenvalue weighted by Gasteiger charge is -2.16. The van der Waals surface area contributed by atoms with Gasteiger partial charge in [-0.2, -0.15) is 0 Å². The van der Waals surface area contributed by atoms with E-state index in [4.69, 9.17) is 9.47 Å². The lowest BCUT2D eigenvalue weighted by Crippen LogP contribution is -2.30. The Morgan fingerprint density at radius 2 is 1.51 bits per heavy atom. The highest BCUT2D eigenvalue weighted by atomic mass is 16.5. The minimum atomic E-state index is -0.746. The van der Waals surface area contributed by atoms with E-state index < -0.39 is 30.3 Å². The molecule has 4 rings (SSSR count). The van der Waals surface area contributed by atoms with E-state index >= 15 is 0 Å². The van der Waals surface area contributed by atoms with Gasteiger partial charge >= 0.3 is 5.97 Å². The zero-order chi connectivity index (χ0) is 24.8. The first-order valence-electron chi connectivity index (χ1n) is 11.1. The van der Waals surface area contributed by atoms with Crippen LogP contribution in [0.5, 0.6) is 5.75 Å². The minimum absolute atomic E-state index is 0.0173. The number of esters is 1. The molecule has 0 aromatic heterocycles. The maximum atomic E-state index is 12.7. The molecule has 0 radical (unpaired) electrons. The Morgan fingerprint density at radius 1 is 0.857 bits per heavy atom. The van der Waals surface area contributed by atoms with E-state index in [0.29, 0.717) is 29.7 Å². The number of nitrogens with one attached hydrogen (secondary N) is 1. The molecule has 0 unspecified atom stereocenters. The highest BCUT2D eigenvalue weighted by molar-refractivity contribution is 6.21. The number of hydrogen-bond acceptors (Lipinski definition) is 6. The van der Waals surface area contributed by atoms with Crippen molar-refractivity contribution in [2.75, 3.05) is 20.3 Å². The summed E-state index contributed by atoms with van der Waals surface area (Å²) in [6.07, 6.45) is 0.661. The lowest BCUT2D eigenvalue weighted by atomic mass is 10.1. The van der Waals surface area contributed by atoms with Crippen molar-refractivity contribution in [1.82, 2.24) is 10.2 Å². The average Bonchev–Trinajstić information content (AvgIpc) is 3.12. The Kier molecular flexibility index (Phi) is 7.21. The molecular formula is C27H24N2O6. The van der Waals surface area contributed by atoms with Gasteiger partial charge in [-0.1, -0.05) is 48.5 Å². The molecule has 3 aromatic carbocycles. The summed E-state index contributed by atoms with van der Waals surface area (Å²) in [5.41, 5.74) is 2.43. The fourth-order valence-corrected chi connectivity index (χ4v) is 3.83. The Bertz CT molecular complexity index is 1240. The maximum absolute atomic E-state index is 12.7. The molecular weight excluding hydrogens is 448 g/mol. The number of ether oxygens (including phenoxy) is 2. The molecule has 1 N–H and O–H groups in total. The number of carbonyl (C=O) groups excluding carboxylic acids is 4. The molecule has 0 atom stereocenters. The molecule has 8 heteroatoms. The second-order valence-corrected chi connectivity index (χ2v) is 7.94. The molecule has 178 valence electrons. The van der Waals surface area contributed by atoms with Crippen LogP contribution >= 0.6 is 0 Å². The van der Waals surface area contributed by atoms with Crippen molar-refractivity contribution in [2.24, 2.45) is 0 Å². The Labute approximate surface area is 202 Å². The zero-order valence-corrected chi connectivity index (χ0v) is 19.2. The second kappa shape index (κ2) is 10.6.